The lowest BCUT2D eigenvalue weighted by atomic mass is 10.1. The third-order valence-electron chi connectivity index (χ3n) is 3.27. The van der Waals surface area contributed by atoms with Crippen molar-refractivity contribution < 1.29 is 4.39 Å². The first kappa shape index (κ1) is 12.8. The summed E-state index contributed by atoms with van der Waals surface area (Å²) in [5.41, 5.74) is 0.679. The lowest BCUT2D eigenvalue weighted by Crippen LogP contribution is -2.53. The van der Waals surface area contributed by atoms with Gasteiger partial charge in [0.1, 0.15) is 5.82 Å². The minimum atomic E-state index is -0.173. The molecular weight excluding hydrogens is 239 g/mol. The Kier molecular flexibility index (Phi) is 4.02. The second-order valence-corrected chi connectivity index (χ2v) is 5.26. The van der Waals surface area contributed by atoms with Crippen molar-refractivity contribution in [2.45, 2.75) is 32.5 Å². The Morgan fingerprint density at radius 2 is 2.24 bits per heavy atom. The van der Waals surface area contributed by atoms with E-state index in [0.29, 0.717) is 29.2 Å². The molecule has 1 fully saturated rings. The number of halogens is 2. The number of piperazine rings is 1. The molecule has 0 aromatic heterocycles. The maximum atomic E-state index is 13.6. The van der Waals surface area contributed by atoms with Crippen LogP contribution in [0.2, 0.25) is 5.02 Å². The molecule has 2 atom stereocenters. The molecule has 17 heavy (non-hydrogen) atoms. The van der Waals surface area contributed by atoms with Crippen LogP contribution in [0, 0.1) is 5.82 Å². The highest BCUT2D eigenvalue weighted by Gasteiger charge is 2.23. The van der Waals surface area contributed by atoms with Crippen molar-refractivity contribution in [3.63, 3.8) is 0 Å². The van der Waals surface area contributed by atoms with Crippen LogP contribution >= 0.6 is 11.6 Å². The van der Waals surface area contributed by atoms with Crippen LogP contribution in [0.5, 0.6) is 0 Å². The quantitative estimate of drug-likeness (QED) is 0.875. The van der Waals surface area contributed by atoms with E-state index in [1.165, 1.54) is 6.07 Å². The maximum absolute atomic E-state index is 13.6. The van der Waals surface area contributed by atoms with Gasteiger partial charge >= 0.3 is 0 Å². The summed E-state index contributed by atoms with van der Waals surface area (Å²) in [6, 6.07) is 5.62. The number of nitrogens with zero attached hydrogens (tertiary/aromatic N) is 1. The Bertz CT molecular complexity index is 397. The third kappa shape index (κ3) is 3.18. The Labute approximate surface area is 107 Å². The van der Waals surface area contributed by atoms with Crippen LogP contribution in [0.4, 0.5) is 4.39 Å². The molecule has 0 spiro atoms. The van der Waals surface area contributed by atoms with Crippen LogP contribution in [-0.4, -0.2) is 30.1 Å². The number of benzene rings is 1. The van der Waals surface area contributed by atoms with Gasteiger partial charge in [-0.1, -0.05) is 11.6 Å². The van der Waals surface area contributed by atoms with Crippen LogP contribution in [0.25, 0.3) is 0 Å². The average Bonchev–Trinajstić information content (AvgIpc) is 2.28. The van der Waals surface area contributed by atoms with E-state index in [1.807, 2.05) is 0 Å². The van der Waals surface area contributed by atoms with Gasteiger partial charge in [-0.15, -0.1) is 0 Å². The molecule has 0 aliphatic carbocycles. The topological polar surface area (TPSA) is 15.3 Å². The molecule has 1 aliphatic heterocycles. The molecule has 1 N–H and O–H groups in total. The summed E-state index contributed by atoms with van der Waals surface area (Å²) in [5.74, 6) is -0.173. The molecule has 0 bridgehead atoms. The summed E-state index contributed by atoms with van der Waals surface area (Å²) in [6.45, 7) is 6.81. The zero-order valence-corrected chi connectivity index (χ0v) is 11.0. The van der Waals surface area contributed by atoms with Crippen molar-refractivity contribution in [1.29, 1.82) is 0 Å². The van der Waals surface area contributed by atoms with Crippen LogP contribution in [0.1, 0.15) is 19.4 Å². The molecule has 2 unspecified atom stereocenters. The normalized spacial score (nSPS) is 26.1. The maximum Gasteiger partial charge on any atom is 0.127 e. The number of hydrogen-bond acceptors (Lipinski definition) is 2. The molecule has 1 aliphatic rings. The van der Waals surface area contributed by atoms with Crippen LogP contribution in [0.15, 0.2) is 18.2 Å². The molecule has 1 saturated heterocycles. The Morgan fingerprint density at radius 1 is 1.47 bits per heavy atom. The SMILES string of the molecule is CC1CN(Cc2cc(Cl)ccc2F)C(C)CN1. The van der Waals surface area contributed by atoms with Crippen LogP contribution < -0.4 is 5.32 Å². The largest absolute Gasteiger partial charge is 0.311 e. The van der Waals surface area contributed by atoms with E-state index in [2.05, 4.69) is 24.1 Å². The first-order valence-electron chi connectivity index (χ1n) is 5.97. The summed E-state index contributed by atoms with van der Waals surface area (Å²) >= 11 is 5.90. The molecule has 0 radical (unpaired) electrons. The third-order valence-corrected chi connectivity index (χ3v) is 3.51. The molecule has 0 amide bonds. The second-order valence-electron chi connectivity index (χ2n) is 4.82. The molecule has 1 aromatic rings. The minimum Gasteiger partial charge on any atom is -0.311 e. The van der Waals surface area contributed by atoms with Crippen molar-refractivity contribution in [1.82, 2.24) is 10.2 Å². The van der Waals surface area contributed by atoms with Gasteiger partial charge in [0, 0.05) is 42.3 Å². The van der Waals surface area contributed by atoms with Crippen molar-refractivity contribution >= 4 is 11.6 Å². The summed E-state index contributed by atoms with van der Waals surface area (Å²) in [5, 5.41) is 4.01. The van der Waals surface area contributed by atoms with Gasteiger partial charge in [0.15, 0.2) is 0 Å². The van der Waals surface area contributed by atoms with Gasteiger partial charge in [-0.2, -0.15) is 0 Å². The molecule has 2 nitrogen and oxygen atoms in total. The van der Waals surface area contributed by atoms with Gasteiger partial charge in [0.2, 0.25) is 0 Å². The Hall–Kier alpha value is -0.640. The van der Waals surface area contributed by atoms with Crippen LogP contribution in [-0.2, 0) is 6.54 Å². The predicted octanol–water partition coefficient (Wildman–Crippen LogP) is 2.66. The van der Waals surface area contributed by atoms with Gasteiger partial charge in [-0.3, -0.25) is 4.90 Å². The molecule has 1 aromatic carbocycles. The van der Waals surface area contributed by atoms with Gasteiger partial charge < -0.3 is 5.32 Å². The smallest absolute Gasteiger partial charge is 0.127 e. The van der Waals surface area contributed by atoms with E-state index in [0.717, 1.165) is 13.1 Å². The Morgan fingerprint density at radius 3 is 3.00 bits per heavy atom. The highest BCUT2D eigenvalue weighted by molar-refractivity contribution is 6.30. The standard InChI is InChI=1S/C13H18ClFN2/c1-9-7-17(10(2)6-16-9)8-11-5-12(14)3-4-13(11)15/h3-5,9-10,16H,6-8H2,1-2H3. The monoisotopic (exact) mass is 256 g/mol. The molecule has 1 heterocycles. The molecule has 4 heteroatoms. The van der Waals surface area contributed by atoms with Gasteiger partial charge in [0.05, 0.1) is 0 Å². The zero-order chi connectivity index (χ0) is 12.4. The fourth-order valence-corrected chi connectivity index (χ4v) is 2.40. The summed E-state index contributed by atoms with van der Waals surface area (Å²) in [7, 11) is 0. The summed E-state index contributed by atoms with van der Waals surface area (Å²) < 4.78 is 13.6. The van der Waals surface area contributed by atoms with Gasteiger partial charge in [0.25, 0.3) is 0 Å². The summed E-state index contributed by atoms with van der Waals surface area (Å²) in [6.07, 6.45) is 0. The van der Waals surface area contributed by atoms with Crippen molar-refractivity contribution in [2.75, 3.05) is 13.1 Å². The fourth-order valence-electron chi connectivity index (χ4n) is 2.20. The van der Waals surface area contributed by atoms with E-state index in [9.17, 15) is 4.39 Å². The molecule has 0 saturated carbocycles. The van der Waals surface area contributed by atoms with E-state index in [-0.39, 0.29) is 5.82 Å². The average molecular weight is 257 g/mol. The number of hydrogen-bond donors (Lipinski definition) is 1. The van der Waals surface area contributed by atoms with E-state index in [4.69, 9.17) is 11.6 Å². The predicted molar refractivity (Wildman–Crippen MR) is 68.7 cm³/mol. The van der Waals surface area contributed by atoms with E-state index in [1.54, 1.807) is 12.1 Å². The minimum absolute atomic E-state index is 0.173. The molecular formula is C13H18ClFN2. The second kappa shape index (κ2) is 5.34. The first-order chi connectivity index (χ1) is 8.06. The van der Waals surface area contributed by atoms with Crippen molar-refractivity contribution in [3.8, 4) is 0 Å². The molecule has 94 valence electrons. The van der Waals surface area contributed by atoms with Gasteiger partial charge in [-0.05, 0) is 32.0 Å². The van der Waals surface area contributed by atoms with E-state index >= 15 is 0 Å². The number of nitrogens with one attached hydrogen (secondary N) is 1. The van der Waals surface area contributed by atoms with E-state index < -0.39 is 0 Å². The van der Waals surface area contributed by atoms with Crippen LogP contribution in [0.3, 0.4) is 0 Å². The Balaban J connectivity index is 2.11. The highest BCUT2D eigenvalue weighted by Crippen LogP contribution is 2.19. The van der Waals surface area contributed by atoms with Crippen molar-refractivity contribution in [2.24, 2.45) is 0 Å². The summed E-state index contributed by atoms with van der Waals surface area (Å²) in [4.78, 5) is 2.29. The first-order valence-corrected chi connectivity index (χ1v) is 6.35. The fraction of sp³-hybridized carbons (Fsp3) is 0.538. The number of rotatable bonds is 2. The van der Waals surface area contributed by atoms with Crippen molar-refractivity contribution in [3.05, 3.63) is 34.6 Å². The van der Waals surface area contributed by atoms with Gasteiger partial charge in [-0.25, -0.2) is 4.39 Å². The molecule has 2 rings (SSSR count). The highest BCUT2D eigenvalue weighted by atomic mass is 35.5. The lowest BCUT2D eigenvalue weighted by molar-refractivity contribution is 0.137. The lowest BCUT2D eigenvalue weighted by Gasteiger charge is -2.37. The zero-order valence-electron chi connectivity index (χ0n) is 10.2.